The number of rotatable bonds is 0. The number of hydrogen-bond donors (Lipinski definition) is 0. The maximum Gasteiger partial charge on any atom is 0.346 e. The molecule has 4 nitrogen and oxygen atoms in total. The van der Waals surface area contributed by atoms with E-state index in [0.29, 0.717) is 0 Å². The van der Waals surface area contributed by atoms with Crippen molar-refractivity contribution in [3.05, 3.63) is 0 Å². The van der Waals surface area contributed by atoms with Crippen LogP contribution in [0.5, 0.6) is 0 Å². The molecule has 7 bridgehead atoms. The number of nitrogens with zero attached hydrogens (tertiary/aromatic N) is 4. The molecule has 38 valence electrons. The molecule has 0 aliphatic carbocycles. The van der Waals surface area contributed by atoms with Crippen LogP contribution in [0.25, 0.3) is 0 Å². The van der Waals surface area contributed by atoms with E-state index in [1.165, 1.54) is 0 Å². The Balaban J connectivity index is 0.000000240. The van der Waals surface area contributed by atoms with Crippen molar-refractivity contribution in [2.24, 2.45) is 0 Å². The summed E-state index contributed by atoms with van der Waals surface area (Å²) in [6.45, 7) is 0. The van der Waals surface area contributed by atoms with Crippen molar-refractivity contribution >= 4 is 26.2 Å². The van der Waals surface area contributed by atoms with Crippen molar-refractivity contribution in [3.63, 3.8) is 0 Å². The van der Waals surface area contributed by atoms with Crippen molar-refractivity contribution in [2.45, 2.75) is 0 Å². The second-order valence-corrected chi connectivity index (χ2v) is 17.5. The topological polar surface area (TPSA) is 13.0 Å². The van der Waals surface area contributed by atoms with Crippen molar-refractivity contribution in [2.75, 3.05) is 0 Å². The second-order valence-electron chi connectivity index (χ2n) is 3.14. The first-order valence-electron chi connectivity index (χ1n) is 2.68. The quantitative estimate of drug-likeness (QED) is 0.434. The smallest absolute Gasteiger partial charge is 0.260 e. The fourth-order valence-electron chi connectivity index (χ4n) is 3.41. The SMILES string of the molecule is N12[Si]34N5[Si]16N3[Si]25N46.[Mo]. The van der Waals surface area contributed by atoms with E-state index in [4.69, 9.17) is 0 Å². The van der Waals surface area contributed by atoms with Gasteiger partial charge in [-0.2, -0.15) is 0 Å². The van der Waals surface area contributed by atoms with E-state index in [0.717, 1.165) is 0 Å². The molecule has 0 unspecified atom stereocenters. The number of hydrogen-bond acceptors (Lipinski definition) is 4. The molecule has 13 saturated heterocycles. The minimum absolute atomic E-state index is 0. The van der Waals surface area contributed by atoms with Gasteiger partial charge >= 0.3 is 26.2 Å². The predicted molar refractivity (Wildman–Crippen MR) is 24.6 cm³/mol. The van der Waals surface area contributed by atoms with Crippen LogP contribution in [0.15, 0.2) is 0 Å². The molecule has 0 atom stereocenters. The average Bonchev–Trinajstić information content (AvgIpc) is 0.391. The molecule has 0 amide bonds. The van der Waals surface area contributed by atoms with Crippen molar-refractivity contribution in [1.29, 1.82) is 0 Å². The Morgan fingerprint density at radius 3 is 0.750 bits per heavy atom. The van der Waals surface area contributed by atoms with Gasteiger partial charge in [-0.3, -0.25) is 15.6 Å². The third kappa shape index (κ3) is 0.0512. The van der Waals surface area contributed by atoms with Gasteiger partial charge in [-0.05, 0) is 0 Å². The van der Waals surface area contributed by atoms with E-state index < -0.39 is 26.2 Å². The van der Waals surface area contributed by atoms with Crippen LogP contribution in [0, 0.1) is 0 Å². The van der Waals surface area contributed by atoms with Crippen LogP contribution >= 0.6 is 0 Å². The molecule has 13 aliphatic heterocycles. The Morgan fingerprint density at radius 2 is 0.750 bits per heavy atom. The Bertz CT molecular complexity index is 188. The average molecular weight is 236 g/mol. The predicted octanol–water partition coefficient (Wildman–Crippen LogP) is -2.42. The summed E-state index contributed by atoms with van der Waals surface area (Å²) in [5.41, 5.74) is 0. The van der Waals surface area contributed by atoms with Crippen LogP contribution in [0.2, 0.25) is 0 Å². The summed E-state index contributed by atoms with van der Waals surface area (Å²) >= 11 is 0. The third-order valence-electron chi connectivity index (χ3n) is 3.60. The normalized spacial score (nSPS) is 126. The van der Waals surface area contributed by atoms with E-state index in [1.807, 2.05) is 0 Å². The first kappa shape index (κ1) is 3.54. The van der Waals surface area contributed by atoms with Gasteiger partial charge in [0.2, 0.25) is 0 Å². The molecule has 0 radical (unpaired) electrons. The third-order valence-corrected chi connectivity index (χ3v) is 32.4. The van der Waals surface area contributed by atoms with Crippen molar-refractivity contribution in [1.82, 2.24) is 15.6 Å². The van der Waals surface area contributed by atoms with Gasteiger partial charge in [-0.15, -0.1) is 0 Å². The van der Waals surface area contributed by atoms with E-state index in [9.17, 15) is 0 Å². The zero-order chi connectivity index (χ0) is 3.81. The maximum absolute atomic E-state index is 2.98. The summed E-state index contributed by atoms with van der Waals surface area (Å²) in [4.78, 5) is 0. The largest absolute Gasteiger partial charge is 0.346 e. The summed E-state index contributed by atoms with van der Waals surface area (Å²) in [5, 5.41) is 0. The van der Waals surface area contributed by atoms with Crippen LogP contribution in [0.1, 0.15) is 0 Å². The van der Waals surface area contributed by atoms with Crippen LogP contribution < -0.4 is 0 Å². The van der Waals surface area contributed by atoms with Crippen molar-refractivity contribution in [3.8, 4) is 0 Å². The van der Waals surface area contributed by atoms with Gasteiger partial charge in [0.1, 0.15) is 0 Å². The van der Waals surface area contributed by atoms with Gasteiger partial charge in [0.05, 0.1) is 0 Å². The second kappa shape index (κ2) is 0.434. The minimum Gasteiger partial charge on any atom is -0.260 e. The first-order chi connectivity index (χ1) is 3.46. The molecule has 13 fully saturated rings. The molecule has 13 aliphatic rings. The monoisotopic (exact) mass is 238 g/mol. The van der Waals surface area contributed by atoms with Crippen LogP contribution in [0.4, 0.5) is 0 Å². The van der Waals surface area contributed by atoms with Gasteiger partial charge in [-0.1, -0.05) is 0 Å². The molecule has 8 heteroatoms. The maximum atomic E-state index is 2.98. The molecule has 8 heavy (non-hydrogen) atoms. The van der Waals surface area contributed by atoms with Gasteiger partial charge in [0, 0.05) is 21.1 Å². The van der Waals surface area contributed by atoms with Crippen LogP contribution in [0.3, 0.4) is 0 Å². The fraction of sp³-hybridized carbons (Fsp3) is 0. The van der Waals surface area contributed by atoms with Crippen LogP contribution in [-0.4, -0.2) is 41.7 Å². The minimum atomic E-state index is -0.611. The van der Waals surface area contributed by atoms with Gasteiger partial charge in [0.25, 0.3) is 0 Å². The summed E-state index contributed by atoms with van der Waals surface area (Å²) in [7, 11) is -1.83. The standard InChI is InChI=1S/Mo.N4Si3/c;1-5-2-6(1)3(5)7(1,2)4(5)6. The molecule has 0 aromatic rings. The molecule has 0 aromatic heterocycles. The van der Waals surface area contributed by atoms with Gasteiger partial charge in [0.15, 0.2) is 0 Å². The Hall–Kier alpha value is 1.18. The van der Waals surface area contributed by atoms with E-state index >= 15 is 0 Å². The fourth-order valence-corrected chi connectivity index (χ4v) is 46.9. The van der Waals surface area contributed by atoms with Crippen molar-refractivity contribution < 1.29 is 21.1 Å². The summed E-state index contributed by atoms with van der Waals surface area (Å²) < 4.78 is 11.9. The Kier molecular flexibility index (Phi) is 0.192. The Morgan fingerprint density at radius 1 is 0.625 bits per heavy atom. The zero-order valence-electron chi connectivity index (χ0n) is 3.70. The summed E-state index contributed by atoms with van der Waals surface area (Å²) in [6, 6.07) is 0. The molecule has 3 spiro atoms. The molecule has 0 aromatic carbocycles. The first-order valence-corrected chi connectivity index (χ1v) is 8.05. The summed E-state index contributed by atoms with van der Waals surface area (Å²) in [6.07, 6.45) is 0. The van der Waals surface area contributed by atoms with E-state index in [2.05, 4.69) is 15.6 Å². The molecule has 0 N–H and O–H groups in total. The van der Waals surface area contributed by atoms with Gasteiger partial charge < -0.3 is 0 Å². The Labute approximate surface area is 62.9 Å². The molecule has 13 rings (SSSR count). The summed E-state index contributed by atoms with van der Waals surface area (Å²) in [5.74, 6) is 0. The molecular weight excluding hydrogens is 236 g/mol. The van der Waals surface area contributed by atoms with E-state index in [-0.39, 0.29) is 21.1 Å². The molecule has 13 heterocycles. The van der Waals surface area contributed by atoms with Gasteiger partial charge in [-0.25, -0.2) is 0 Å². The van der Waals surface area contributed by atoms with Crippen LogP contribution in [-0.2, 0) is 21.1 Å². The molecular formula is MoN4Si3. The molecule has 0 saturated carbocycles. The van der Waals surface area contributed by atoms with E-state index in [1.54, 1.807) is 0 Å². The zero-order valence-corrected chi connectivity index (χ0v) is 8.70.